The second-order valence-electron chi connectivity index (χ2n) is 8.95. The van der Waals surface area contributed by atoms with E-state index in [4.69, 9.17) is 0 Å². The van der Waals surface area contributed by atoms with Gasteiger partial charge in [-0.15, -0.1) is 24.0 Å². The summed E-state index contributed by atoms with van der Waals surface area (Å²) >= 11 is 0. The van der Waals surface area contributed by atoms with Crippen LogP contribution in [0.2, 0.25) is 0 Å². The van der Waals surface area contributed by atoms with E-state index in [1.165, 1.54) is 36.8 Å². The highest BCUT2D eigenvalue weighted by molar-refractivity contribution is 14.0. The summed E-state index contributed by atoms with van der Waals surface area (Å²) in [4.78, 5) is 18.5. The molecule has 4 heterocycles. The van der Waals surface area contributed by atoms with Crippen LogP contribution in [-0.2, 0) is 6.54 Å². The van der Waals surface area contributed by atoms with Crippen LogP contribution in [0.15, 0.2) is 41.7 Å². The predicted octanol–water partition coefficient (Wildman–Crippen LogP) is 4.12. The number of rotatable bonds is 5. The molecule has 0 atom stereocenters. The maximum absolute atomic E-state index is 4.62. The van der Waals surface area contributed by atoms with Gasteiger partial charge in [-0.25, -0.2) is 9.97 Å². The van der Waals surface area contributed by atoms with E-state index in [2.05, 4.69) is 66.6 Å². The Balaban J connectivity index is 0.00000306. The SMILES string of the molecule is CN=C(NCc1ccnc(N2CCCCCC2)c1)NC1CCN(c2ccc(C)cn2)CC1.I. The molecule has 2 aliphatic heterocycles. The number of hydrogen-bond acceptors (Lipinski definition) is 5. The Morgan fingerprint density at radius 3 is 2.36 bits per heavy atom. The molecule has 0 spiro atoms. The van der Waals surface area contributed by atoms with Gasteiger partial charge in [-0.2, -0.15) is 0 Å². The summed E-state index contributed by atoms with van der Waals surface area (Å²) in [5.74, 6) is 3.05. The number of nitrogens with one attached hydrogen (secondary N) is 2. The van der Waals surface area contributed by atoms with Gasteiger partial charge < -0.3 is 20.4 Å². The Morgan fingerprint density at radius 1 is 0.970 bits per heavy atom. The summed E-state index contributed by atoms with van der Waals surface area (Å²) in [6.45, 7) is 7.07. The smallest absolute Gasteiger partial charge is 0.191 e. The highest BCUT2D eigenvalue weighted by Crippen LogP contribution is 2.19. The molecule has 2 aliphatic rings. The fraction of sp³-hybridized carbons (Fsp3) is 0.560. The van der Waals surface area contributed by atoms with Crippen molar-refractivity contribution in [3.8, 4) is 0 Å². The van der Waals surface area contributed by atoms with E-state index in [-0.39, 0.29) is 24.0 Å². The maximum atomic E-state index is 4.62. The van der Waals surface area contributed by atoms with Crippen LogP contribution >= 0.6 is 24.0 Å². The zero-order valence-corrected chi connectivity index (χ0v) is 22.3. The molecule has 4 rings (SSSR count). The van der Waals surface area contributed by atoms with Gasteiger partial charge in [0.2, 0.25) is 0 Å². The molecular weight excluding hydrogens is 525 g/mol. The fourth-order valence-corrected chi connectivity index (χ4v) is 4.52. The first-order valence-corrected chi connectivity index (χ1v) is 12.1. The van der Waals surface area contributed by atoms with Crippen molar-refractivity contribution in [1.29, 1.82) is 0 Å². The number of aliphatic imine (C=N–C) groups is 1. The van der Waals surface area contributed by atoms with E-state index in [0.29, 0.717) is 6.04 Å². The molecule has 180 valence electrons. The van der Waals surface area contributed by atoms with Crippen molar-refractivity contribution in [2.24, 2.45) is 4.99 Å². The van der Waals surface area contributed by atoms with Gasteiger partial charge in [-0.3, -0.25) is 4.99 Å². The third kappa shape index (κ3) is 7.45. The van der Waals surface area contributed by atoms with Gasteiger partial charge in [0.1, 0.15) is 11.6 Å². The molecule has 2 aromatic heterocycles. The number of pyridine rings is 2. The molecule has 33 heavy (non-hydrogen) atoms. The molecule has 0 radical (unpaired) electrons. The second kappa shape index (κ2) is 13.0. The normalized spacial score (nSPS) is 17.8. The molecule has 2 saturated heterocycles. The molecule has 0 aliphatic carbocycles. The van der Waals surface area contributed by atoms with Crippen LogP contribution in [0.25, 0.3) is 0 Å². The van der Waals surface area contributed by atoms with Crippen LogP contribution in [0.4, 0.5) is 11.6 Å². The molecule has 2 fully saturated rings. The summed E-state index contributed by atoms with van der Waals surface area (Å²) in [6.07, 6.45) is 11.2. The van der Waals surface area contributed by atoms with Crippen LogP contribution in [0.1, 0.15) is 49.7 Å². The van der Waals surface area contributed by atoms with Crippen LogP contribution in [-0.4, -0.2) is 55.2 Å². The first kappa shape index (κ1) is 25.5. The van der Waals surface area contributed by atoms with Crippen molar-refractivity contribution in [3.63, 3.8) is 0 Å². The third-order valence-corrected chi connectivity index (χ3v) is 6.48. The lowest BCUT2D eigenvalue weighted by molar-refractivity contribution is 0.459. The quantitative estimate of drug-likeness (QED) is 0.324. The molecular formula is C25H38IN7. The molecule has 2 aromatic rings. The topological polar surface area (TPSA) is 68.7 Å². The van der Waals surface area contributed by atoms with Crippen molar-refractivity contribution in [1.82, 2.24) is 20.6 Å². The van der Waals surface area contributed by atoms with E-state index < -0.39 is 0 Å². The number of aromatic nitrogens is 2. The van der Waals surface area contributed by atoms with Gasteiger partial charge in [0.05, 0.1) is 0 Å². The van der Waals surface area contributed by atoms with Gasteiger partial charge >= 0.3 is 0 Å². The predicted molar refractivity (Wildman–Crippen MR) is 148 cm³/mol. The minimum Gasteiger partial charge on any atom is -0.357 e. The summed E-state index contributed by atoms with van der Waals surface area (Å²) in [5, 5.41) is 7.10. The Kier molecular flexibility index (Phi) is 10.0. The monoisotopic (exact) mass is 563 g/mol. The summed E-state index contributed by atoms with van der Waals surface area (Å²) in [7, 11) is 1.84. The summed E-state index contributed by atoms with van der Waals surface area (Å²) in [6, 6.07) is 8.99. The third-order valence-electron chi connectivity index (χ3n) is 6.48. The van der Waals surface area contributed by atoms with E-state index in [1.807, 2.05) is 19.4 Å². The Labute approximate surface area is 215 Å². The van der Waals surface area contributed by atoms with Crippen molar-refractivity contribution in [2.75, 3.05) is 43.0 Å². The Hall–Kier alpha value is -2.10. The second-order valence-corrected chi connectivity index (χ2v) is 8.95. The Morgan fingerprint density at radius 2 is 1.70 bits per heavy atom. The molecule has 0 aromatic carbocycles. The average Bonchev–Trinajstić information content (AvgIpc) is 3.13. The zero-order chi connectivity index (χ0) is 22.2. The molecule has 0 bridgehead atoms. The number of anilines is 2. The first-order chi connectivity index (χ1) is 15.7. The molecule has 0 amide bonds. The first-order valence-electron chi connectivity index (χ1n) is 12.1. The van der Waals surface area contributed by atoms with Gasteiger partial charge in [0.15, 0.2) is 5.96 Å². The van der Waals surface area contributed by atoms with E-state index in [1.54, 1.807) is 0 Å². The van der Waals surface area contributed by atoms with Crippen molar-refractivity contribution in [3.05, 3.63) is 47.8 Å². The molecule has 0 saturated carbocycles. The average molecular weight is 564 g/mol. The number of guanidine groups is 1. The lowest BCUT2D eigenvalue weighted by atomic mass is 10.1. The van der Waals surface area contributed by atoms with Crippen molar-refractivity contribution < 1.29 is 0 Å². The van der Waals surface area contributed by atoms with E-state index in [0.717, 1.165) is 63.2 Å². The molecule has 2 N–H and O–H groups in total. The van der Waals surface area contributed by atoms with Gasteiger partial charge in [-0.05, 0) is 61.9 Å². The van der Waals surface area contributed by atoms with Crippen LogP contribution in [0.3, 0.4) is 0 Å². The van der Waals surface area contributed by atoms with E-state index >= 15 is 0 Å². The highest BCUT2D eigenvalue weighted by Gasteiger charge is 2.21. The van der Waals surface area contributed by atoms with Gasteiger partial charge in [0, 0.05) is 58.2 Å². The standard InChI is InChI=1S/C25H37N7.HI/c1-20-7-8-23(28-18-20)32-15-10-22(11-16-32)30-25(26-2)29-19-21-9-12-27-24(17-21)31-13-5-3-4-6-14-31;/h7-9,12,17-18,22H,3-6,10-11,13-16,19H2,1-2H3,(H2,26,29,30);1H. The lowest BCUT2D eigenvalue weighted by Gasteiger charge is -2.33. The lowest BCUT2D eigenvalue weighted by Crippen LogP contribution is -2.48. The van der Waals surface area contributed by atoms with Crippen LogP contribution in [0.5, 0.6) is 0 Å². The molecule has 7 nitrogen and oxygen atoms in total. The summed E-state index contributed by atoms with van der Waals surface area (Å²) in [5.41, 5.74) is 2.44. The number of aryl methyl sites for hydroxylation is 1. The fourth-order valence-electron chi connectivity index (χ4n) is 4.52. The highest BCUT2D eigenvalue weighted by atomic mass is 127. The number of piperidine rings is 1. The minimum atomic E-state index is 0. The van der Waals surface area contributed by atoms with Crippen LogP contribution in [0, 0.1) is 6.92 Å². The molecule has 0 unspecified atom stereocenters. The zero-order valence-electron chi connectivity index (χ0n) is 20.0. The van der Waals surface area contributed by atoms with Crippen molar-refractivity contribution >= 4 is 41.6 Å². The summed E-state index contributed by atoms with van der Waals surface area (Å²) < 4.78 is 0. The Bertz CT molecular complexity index is 871. The number of halogens is 1. The number of hydrogen-bond donors (Lipinski definition) is 2. The molecule has 8 heteroatoms. The minimum absolute atomic E-state index is 0. The van der Waals surface area contributed by atoms with Gasteiger partial charge in [-0.1, -0.05) is 18.9 Å². The van der Waals surface area contributed by atoms with Gasteiger partial charge in [0.25, 0.3) is 0 Å². The van der Waals surface area contributed by atoms with Crippen LogP contribution < -0.4 is 20.4 Å². The van der Waals surface area contributed by atoms with E-state index in [9.17, 15) is 0 Å². The number of nitrogens with zero attached hydrogens (tertiary/aromatic N) is 5. The van der Waals surface area contributed by atoms with Crippen molar-refractivity contribution in [2.45, 2.75) is 58.0 Å². The maximum Gasteiger partial charge on any atom is 0.191 e. The largest absolute Gasteiger partial charge is 0.357 e.